The van der Waals surface area contributed by atoms with Gasteiger partial charge >= 0.3 is 0 Å². The molecule has 1 aliphatic rings. The Kier molecular flexibility index (Phi) is 5.49. The van der Waals surface area contributed by atoms with Crippen LogP contribution in [-0.2, 0) is 0 Å². The minimum atomic E-state index is 0.415. The molecule has 102 valence electrons. The number of nitrogens with one attached hydrogen (secondary N) is 1. The predicted molar refractivity (Wildman–Crippen MR) is 80.6 cm³/mol. The van der Waals surface area contributed by atoms with Crippen LogP contribution in [-0.4, -0.2) is 31.1 Å². The first-order valence-electron chi connectivity index (χ1n) is 6.88. The molecule has 0 saturated carbocycles. The second kappa shape index (κ2) is 6.90. The molecule has 1 atom stereocenters. The van der Waals surface area contributed by atoms with Crippen molar-refractivity contribution in [3.8, 4) is 0 Å². The smallest absolute Gasteiger partial charge is 0.0931 e. The standard InChI is InChI=1S/C14H23ClN2S/c1-3-17-6-4-12(5-7-17)9-16-11(2)13-8-14(15)18-10-13/h8,10-12,16H,3-7,9H2,1-2H3. The number of thiophene rings is 1. The highest BCUT2D eigenvalue weighted by Crippen LogP contribution is 2.25. The van der Waals surface area contributed by atoms with Crippen molar-refractivity contribution in [1.82, 2.24) is 10.2 Å². The first-order chi connectivity index (χ1) is 8.69. The molecular formula is C14H23ClN2S. The second-order valence-corrected chi connectivity index (χ2v) is 6.73. The quantitative estimate of drug-likeness (QED) is 0.886. The topological polar surface area (TPSA) is 15.3 Å². The lowest BCUT2D eigenvalue weighted by atomic mass is 9.96. The van der Waals surface area contributed by atoms with E-state index in [1.54, 1.807) is 11.3 Å². The monoisotopic (exact) mass is 286 g/mol. The van der Waals surface area contributed by atoms with Crippen molar-refractivity contribution >= 4 is 22.9 Å². The Labute approximate surface area is 119 Å². The molecule has 1 unspecified atom stereocenters. The number of piperidine rings is 1. The zero-order valence-electron chi connectivity index (χ0n) is 11.3. The summed E-state index contributed by atoms with van der Waals surface area (Å²) in [6, 6.07) is 2.49. The molecule has 2 rings (SSSR count). The van der Waals surface area contributed by atoms with Gasteiger partial charge in [-0.05, 0) is 68.9 Å². The third kappa shape index (κ3) is 3.95. The molecule has 2 heterocycles. The van der Waals surface area contributed by atoms with E-state index < -0.39 is 0 Å². The normalized spacial score (nSPS) is 20.2. The number of nitrogens with zero attached hydrogens (tertiary/aromatic N) is 1. The summed E-state index contributed by atoms with van der Waals surface area (Å²) in [5, 5.41) is 5.80. The van der Waals surface area contributed by atoms with Gasteiger partial charge in [0.25, 0.3) is 0 Å². The Morgan fingerprint density at radius 2 is 2.22 bits per heavy atom. The molecule has 0 amide bonds. The van der Waals surface area contributed by atoms with E-state index in [0.717, 1.165) is 16.8 Å². The van der Waals surface area contributed by atoms with E-state index in [9.17, 15) is 0 Å². The maximum atomic E-state index is 5.97. The van der Waals surface area contributed by atoms with Crippen LogP contribution in [0.2, 0.25) is 4.34 Å². The van der Waals surface area contributed by atoms with Gasteiger partial charge in [-0.25, -0.2) is 0 Å². The van der Waals surface area contributed by atoms with Gasteiger partial charge in [-0.3, -0.25) is 0 Å². The van der Waals surface area contributed by atoms with Gasteiger partial charge in [-0.1, -0.05) is 18.5 Å². The minimum absolute atomic E-state index is 0.415. The Morgan fingerprint density at radius 1 is 1.50 bits per heavy atom. The summed E-state index contributed by atoms with van der Waals surface area (Å²) in [6.07, 6.45) is 2.66. The van der Waals surface area contributed by atoms with Crippen LogP contribution in [0.25, 0.3) is 0 Å². The molecule has 1 saturated heterocycles. The van der Waals surface area contributed by atoms with Crippen molar-refractivity contribution in [1.29, 1.82) is 0 Å². The van der Waals surface area contributed by atoms with Gasteiger partial charge in [0.05, 0.1) is 4.34 Å². The fourth-order valence-electron chi connectivity index (χ4n) is 2.52. The van der Waals surface area contributed by atoms with Crippen molar-refractivity contribution in [3.05, 3.63) is 21.3 Å². The van der Waals surface area contributed by atoms with Crippen molar-refractivity contribution in [3.63, 3.8) is 0 Å². The Bertz CT molecular complexity index is 358. The summed E-state index contributed by atoms with van der Waals surface area (Å²) >= 11 is 7.59. The van der Waals surface area contributed by atoms with Crippen molar-refractivity contribution in [2.24, 2.45) is 5.92 Å². The number of hydrogen-bond acceptors (Lipinski definition) is 3. The highest BCUT2D eigenvalue weighted by atomic mass is 35.5. The molecule has 0 radical (unpaired) electrons. The summed E-state index contributed by atoms with van der Waals surface area (Å²) in [5.74, 6) is 0.837. The van der Waals surface area contributed by atoms with Gasteiger partial charge in [-0.2, -0.15) is 0 Å². The van der Waals surface area contributed by atoms with Gasteiger partial charge in [0.2, 0.25) is 0 Å². The number of halogens is 1. The van der Waals surface area contributed by atoms with Crippen LogP contribution in [0.1, 0.15) is 38.3 Å². The van der Waals surface area contributed by atoms with E-state index in [1.807, 2.05) is 0 Å². The summed E-state index contributed by atoms with van der Waals surface area (Å²) in [4.78, 5) is 2.54. The average molecular weight is 287 g/mol. The van der Waals surface area contributed by atoms with Crippen LogP contribution in [0.5, 0.6) is 0 Å². The summed E-state index contributed by atoms with van der Waals surface area (Å²) < 4.78 is 0.884. The molecule has 0 spiro atoms. The predicted octanol–water partition coefficient (Wildman–Crippen LogP) is 3.78. The van der Waals surface area contributed by atoms with E-state index >= 15 is 0 Å². The fourth-order valence-corrected chi connectivity index (χ4v) is 3.50. The number of rotatable bonds is 5. The molecule has 2 nitrogen and oxygen atoms in total. The van der Waals surface area contributed by atoms with E-state index in [0.29, 0.717) is 6.04 Å². The second-order valence-electron chi connectivity index (χ2n) is 5.19. The molecule has 1 aromatic heterocycles. The van der Waals surface area contributed by atoms with Gasteiger partial charge < -0.3 is 10.2 Å². The summed E-state index contributed by atoms with van der Waals surface area (Å²) in [7, 11) is 0. The third-order valence-corrected chi connectivity index (χ3v) is 5.06. The van der Waals surface area contributed by atoms with Crippen molar-refractivity contribution in [2.45, 2.75) is 32.7 Å². The Hall–Kier alpha value is -0.0900. The van der Waals surface area contributed by atoms with Crippen LogP contribution in [0.15, 0.2) is 11.4 Å². The molecule has 0 bridgehead atoms. The molecule has 0 aromatic carbocycles. The Balaban J connectivity index is 1.72. The van der Waals surface area contributed by atoms with E-state index in [1.165, 1.54) is 38.0 Å². The van der Waals surface area contributed by atoms with Crippen LogP contribution < -0.4 is 5.32 Å². The van der Waals surface area contributed by atoms with Gasteiger partial charge in [0, 0.05) is 6.04 Å². The summed E-state index contributed by atoms with van der Waals surface area (Å²) in [5.41, 5.74) is 1.32. The van der Waals surface area contributed by atoms with Crippen LogP contribution in [0.3, 0.4) is 0 Å². The van der Waals surface area contributed by atoms with Crippen LogP contribution in [0.4, 0.5) is 0 Å². The average Bonchev–Trinajstić information content (AvgIpc) is 2.83. The Morgan fingerprint density at radius 3 is 2.78 bits per heavy atom. The molecular weight excluding hydrogens is 264 g/mol. The minimum Gasteiger partial charge on any atom is -0.310 e. The zero-order valence-corrected chi connectivity index (χ0v) is 12.9. The summed E-state index contributed by atoms with van der Waals surface area (Å²) in [6.45, 7) is 9.33. The maximum absolute atomic E-state index is 5.97. The molecule has 1 aromatic rings. The lowest BCUT2D eigenvalue weighted by molar-refractivity contribution is 0.188. The first-order valence-corrected chi connectivity index (χ1v) is 8.14. The molecule has 4 heteroatoms. The maximum Gasteiger partial charge on any atom is 0.0931 e. The first kappa shape index (κ1) is 14.3. The van der Waals surface area contributed by atoms with Crippen LogP contribution in [0, 0.1) is 5.92 Å². The highest BCUT2D eigenvalue weighted by molar-refractivity contribution is 7.14. The third-order valence-electron chi connectivity index (χ3n) is 3.95. The van der Waals surface area contributed by atoms with Crippen molar-refractivity contribution < 1.29 is 0 Å². The molecule has 0 aliphatic carbocycles. The fraction of sp³-hybridized carbons (Fsp3) is 0.714. The van der Waals surface area contributed by atoms with E-state index in [4.69, 9.17) is 11.6 Å². The lowest BCUT2D eigenvalue weighted by Gasteiger charge is -2.31. The number of hydrogen-bond donors (Lipinski definition) is 1. The van der Waals surface area contributed by atoms with Gasteiger partial charge in [-0.15, -0.1) is 11.3 Å². The molecule has 1 fully saturated rings. The van der Waals surface area contributed by atoms with Crippen LogP contribution >= 0.6 is 22.9 Å². The molecule has 1 aliphatic heterocycles. The van der Waals surface area contributed by atoms with Gasteiger partial charge in [0.1, 0.15) is 0 Å². The SMILES string of the molecule is CCN1CCC(CNC(C)c2csc(Cl)c2)CC1. The molecule has 1 N–H and O–H groups in total. The molecule has 18 heavy (non-hydrogen) atoms. The zero-order chi connectivity index (χ0) is 13.0. The van der Waals surface area contributed by atoms with Gasteiger partial charge in [0.15, 0.2) is 0 Å². The largest absolute Gasteiger partial charge is 0.310 e. The van der Waals surface area contributed by atoms with E-state index in [-0.39, 0.29) is 0 Å². The van der Waals surface area contributed by atoms with Crippen molar-refractivity contribution in [2.75, 3.05) is 26.2 Å². The lowest BCUT2D eigenvalue weighted by Crippen LogP contribution is -2.37. The highest BCUT2D eigenvalue weighted by Gasteiger charge is 2.18. The van der Waals surface area contributed by atoms with E-state index in [2.05, 4.69) is 35.5 Å². The number of likely N-dealkylation sites (tertiary alicyclic amines) is 1.